The third-order valence-corrected chi connectivity index (χ3v) is 4.76. The number of hydrogen-bond donors (Lipinski definition) is 1. The highest BCUT2D eigenvalue weighted by Crippen LogP contribution is 2.34. The van der Waals surface area contributed by atoms with Gasteiger partial charge in [0.25, 0.3) is 0 Å². The lowest BCUT2D eigenvalue weighted by atomic mass is 9.78. The summed E-state index contributed by atoms with van der Waals surface area (Å²) >= 11 is 6.39. The molecule has 1 aromatic heterocycles. The number of aliphatic hydroxyl groups is 1. The molecule has 0 aliphatic heterocycles. The van der Waals surface area contributed by atoms with Gasteiger partial charge in [-0.2, -0.15) is 5.10 Å². The van der Waals surface area contributed by atoms with E-state index in [2.05, 4.69) is 18.9 Å². The highest BCUT2D eigenvalue weighted by Gasteiger charge is 2.31. The van der Waals surface area contributed by atoms with Gasteiger partial charge >= 0.3 is 0 Å². The van der Waals surface area contributed by atoms with Crippen LogP contribution in [-0.4, -0.2) is 33.7 Å². The van der Waals surface area contributed by atoms with E-state index in [1.54, 1.807) is 0 Å². The highest BCUT2D eigenvalue weighted by molar-refractivity contribution is 6.31. The summed E-state index contributed by atoms with van der Waals surface area (Å²) in [5.74, 6) is 0.582. The lowest BCUT2D eigenvalue weighted by Crippen LogP contribution is -2.34. The Bertz CT molecular complexity index is 455. The Balaban J connectivity index is 1.88. The minimum Gasteiger partial charge on any atom is -0.393 e. The summed E-state index contributed by atoms with van der Waals surface area (Å²) < 4.78 is 7.49. The van der Waals surface area contributed by atoms with Crippen LogP contribution in [0.15, 0.2) is 0 Å². The summed E-state index contributed by atoms with van der Waals surface area (Å²) in [4.78, 5) is 0. The van der Waals surface area contributed by atoms with Gasteiger partial charge in [0.2, 0.25) is 0 Å². The molecule has 1 aliphatic rings. The van der Waals surface area contributed by atoms with Gasteiger partial charge in [-0.3, -0.25) is 4.68 Å². The van der Waals surface area contributed by atoms with Crippen molar-refractivity contribution >= 4 is 11.6 Å². The van der Waals surface area contributed by atoms with Crippen LogP contribution in [0.25, 0.3) is 0 Å². The SMILES string of the molecule is CCOC1CC(CC(O)Cc2c(Cl)c(CC)nn2CC)C1. The fourth-order valence-electron chi connectivity index (χ4n) is 3.14. The van der Waals surface area contributed by atoms with Gasteiger partial charge in [0.1, 0.15) is 0 Å². The topological polar surface area (TPSA) is 47.3 Å². The molecule has 1 atom stereocenters. The number of aryl methyl sites for hydroxylation is 2. The van der Waals surface area contributed by atoms with Crippen LogP contribution in [0.4, 0.5) is 0 Å². The zero-order chi connectivity index (χ0) is 15.4. The van der Waals surface area contributed by atoms with E-state index in [-0.39, 0.29) is 6.10 Å². The Labute approximate surface area is 132 Å². The molecule has 21 heavy (non-hydrogen) atoms. The molecular formula is C16H27ClN2O2. The highest BCUT2D eigenvalue weighted by atomic mass is 35.5. The number of ether oxygens (including phenoxy) is 1. The predicted octanol–water partition coefficient (Wildman–Crippen LogP) is 3.23. The van der Waals surface area contributed by atoms with Crippen LogP contribution in [0.2, 0.25) is 5.02 Å². The Morgan fingerprint density at radius 1 is 1.38 bits per heavy atom. The summed E-state index contributed by atoms with van der Waals surface area (Å²) in [5.41, 5.74) is 1.91. The number of rotatable bonds is 8. The summed E-state index contributed by atoms with van der Waals surface area (Å²) in [6.45, 7) is 7.71. The van der Waals surface area contributed by atoms with Gasteiger partial charge in [-0.1, -0.05) is 18.5 Å². The van der Waals surface area contributed by atoms with Crippen LogP contribution in [0.3, 0.4) is 0 Å². The van der Waals surface area contributed by atoms with Crippen molar-refractivity contribution in [2.45, 2.75) is 71.6 Å². The normalized spacial score (nSPS) is 23.1. The molecule has 120 valence electrons. The summed E-state index contributed by atoms with van der Waals surface area (Å²) in [6, 6.07) is 0. The zero-order valence-corrected chi connectivity index (χ0v) is 14.1. The van der Waals surface area contributed by atoms with E-state index < -0.39 is 0 Å². The molecule has 0 aromatic carbocycles. The number of hydrogen-bond acceptors (Lipinski definition) is 3. The van der Waals surface area contributed by atoms with Gasteiger partial charge in [0.15, 0.2) is 0 Å². The fourth-order valence-corrected chi connectivity index (χ4v) is 3.49. The first-order chi connectivity index (χ1) is 10.1. The first-order valence-electron chi connectivity index (χ1n) is 8.12. The zero-order valence-electron chi connectivity index (χ0n) is 13.3. The second-order valence-corrected chi connectivity index (χ2v) is 6.26. The summed E-state index contributed by atoms with van der Waals surface area (Å²) in [7, 11) is 0. The average molecular weight is 315 g/mol. The van der Waals surface area contributed by atoms with Crippen LogP contribution in [0.5, 0.6) is 0 Å². The van der Waals surface area contributed by atoms with Gasteiger partial charge in [-0.15, -0.1) is 0 Å². The quantitative estimate of drug-likeness (QED) is 0.801. The van der Waals surface area contributed by atoms with Crippen LogP contribution in [-0.2, 0) is 24.1 Å². The third kappa shape index (κ3) is 3.99. The summed E-state index contributed by atoms with van der Waals surface area (Å²) in [6.07, 6.45) is 4.46. The van der Waals surface area contributed by atoms with Crippen molar-refractivity contribution < 1.29 is 9.84 Å². The largest absolute Gasteiger partial charge is 0.393 e. The maximum atomic E-state index is 10.3. The molecule has 0 bridgehead atoms. The molecular weight excluding hydrogens is 288 g/mol. The number of nitrogens with zero attached hydrogens (tertiary/aromatic N) is 2. The Morgan fingerprint density at radius 2 is 2.10 bits per heavy atom. The molecule has 0 radical (unpaired) electrons. The van der Waals surface area contributed by atoms with Crippen molar-refractivity contribution in [2.75, 3.05) is 6.61 Å². The molecule has 2 rings (SSSR count). The van der Waals surface area contributed by atoms with Crippen LogP contribution in [0.1, 0.15) is 51.4 Å². The summed E-state index contributed by atoms with van der Waals surface area (Å²) in [5, 5.41) is 15.6. The standard InChI is InChI=1S/C16H27ClN2O2/c1-4-14-16(17)15(19(5-2)18-14)10-12(20)7-11-8-13(9-11)21-6-3/h11-13,20H,4-10H2,1-3H3. The van der Waals surface area contributed by atoms with E-state index in [9.17, 15) is 5.11 Å². The predicted molar refractivity (Wildman–Crippen MR) is 84.8 cm³/mol. The van der Waals surface area contributed by atoms with Crippen molar-refractivity contribution in [2.24, 2.45) is 5.92 Å². The smallest absolute Gasteiger partial charge is 0.0850 e. The monoisotopic (exact) mass is 314 g/mol. The van der Waals surface area contributed by atoms with Gasteiger partial charge in [-0.25, -0.2) is 0 Å². The molecule has 1 aliphatic carbocycles. The van der Waals surface area contributed by atoms with Gasteiger partial charge in [0.05, 0.1) is 28.6 Å². The van der Waals surface area contributed by atoms with Crippen molar-refractivity contribution in [1.29, 1.82) is 0 Å². The minimum absolute atomic E-state index is 0.346. The number of aromatic nitrogens is 2. The number of aliphatic hydroxyl groups excluding tert-OH is 1. The molecule has 1 aromatic rings. The van der Waals surface area contributed by atoms with Crippen LogP contribution in [0, 0.1) is 5.92 Å². The molecule has 4 nitrogen and oxygen atoms in total. The van der Waals surface area contributed by atoms with Crippen LogP contribution >= 0.6 is 11.6 Å². The Hall–Kier alpha value is -0.580. The maximum Gasteiger partial charge on any atom is 0.0850 e. The third-order valence-electron chi connectivity index (χ3n) is 4.32. The number of halogens is 1. The molecule has 0 saturated heterocycles. The Morgan fingerprint density at radius 3 is 2.67 bits per heavy atom. The lowest BCUT2D eigenvalue weighted by Gasteiger charge is -2.36. The Kier molecular flexibility index (Phi) is 6.08. The molecule has 0 amide bonds. The molecule has 1 N–H and O–H groups in total. The van der Waals surface area contributed by atoms with E-state index in [0.717, 1.165) is 55.2 Å². The molecule has 1 fully saturated rings. The maximum absolute atomic E-state index is 10.3. The first-order valence-corrected chi connectivity index (χ1v) is 8.50. The van der Waals surface area contributed by atoms with Crippen molar-refractivity contribution in [3.63, 3.8) is 0 Å². The van der Waals surface area contributed by atoms with Crippen molar-refractivity contribution in [1.82, 2.24) is 9.78 Å². The van der Waals surface area contributed by atoms with Crippen molar-refractivity contribution in [3.05, 3.63) is 16.4 Å². The molecule has 1 saturated carbocycles. The molecule has 0 spiro atoms. The van der Waals surface area contributed by atoms with Crippen molar-refractivity contribution in [3.8, 4) is 0 Å². The van der Waals surface area contributed by atoms with E-state index in [1.165, 1.54) is 0 Å². The first kappa shape index (κ1) is 16.8. The van der Waals surface area contributed by atoms with Gasteiger partial charge in [0, 0.05) is 19.6 Å². The van der Waals surface area contributed by atoms with E-state index in [1.807, 2.05) is 11.6 Å². The minimum atomic E-state index is -0.346. The van der Waals surface area contributed by atoms with E-state index >= 15 is 0 Å². The molecule has 5 heteroatoms. The van der Waals surface area contributed by atoms with Gasteiger partial charge in [-0.05, 0) is 45.4 Å². The van der Waals surface area contributed by atoms with Crippen LogP contribution < -0.4 is 0 Å². The second-order valence-electron chi connectivity index (χ2n) is 5.89. The van der Waals surface area contributed by atoms with E-state index in [4.69, 9.17) is 16.3 Å². The lowest BCUT2D eigenvalue weighted by molar-refractivity contribution is -0.0377. The average Bonchev–Trinajstić information content (AvgIpc) is 2.73. The molecule has 1 unspecified atom stereocenters. The molecule has 1 heterocycles. The van der Waals surface area contributed by atoms with E-state index in [0.29, 0.717) is 18.4 Å². The van der Waals surface area contributed by atoms with Gasteiger partial charge < -0.3 is 9.84 Å². The fraction of sp³-hybridized carbons (Fsp3) is 0.812. The second kappa shape index (κ2) is 7.61.